The summed E-state index contributed by atoms with van der Waals surface area (Å²) in [5, 5.41) is 5.77. The van der Waals surface area contributed by atoms with Crippen LogP contribution in [0, 0.1) is 0 Å². The first kappa shape index (κ1) is 43.3. The summed E-state index contributed by atoms with van der Waals surface area (Å²) in [7, 11) is -3.80. The van der Waals surface area contributed by atoms with Crippen molar-refractivity contribution in [1.82, 2.24) is 5.06 Å². The van der Waals surface area contributed by atoms with Gasteiger partial charge in [-0.25, -0.2) is 4.79 Å². The summed E-state index contributed by atoms with van der Waals surface area (Å²) < 4.78 is 41.4. The van der Waals surface area contributed by atoms with Gasteiger partial charge in [0, 0.05) is 60.3 Å². The van der Waals surface area contributed by atoms with Crippen LogP contribution in [-0.2, 0) is 30.1 Å². The molecule has 2 amide bonds. The Bertz CT molecular complexity index is 2550. The predicted molar refractivity (Wildman–Crippen MR) is 235 cm³/mol. The van der Waals surface area contributed by atoms with E-state index in [-0.39, 0.29) is 30.1 Å². The van der Waals surface area contributed by atoms with Crippen molar-refractivity contribution in [2.75, 3.05) is 18.5 Å². The van der Waals surface area contributed by atoms with Gasteiger partial charge in [0.15, 0.2) is 5.71 Å². The zero-order valence-electron chi connectivity index (χ0n) is 35.4. The number of hydrogen-bond donors (Lipinski definition) is 0. The number of unbranched alkanes of at least 4 members (excludes halogenated alkanes) is 2. The molecule has 0 radical (unpaired) electrons. The number of fused-ring (bicyclic) bond motifs is 6. The topological polar surface area (TPSA) is 69.9 Å². The maximum atomic E-state index is 12.4. The highest BCUT2D eigenvalue weighted by Gasteiger charge is 2.44. The van der Waals surface area contributed by atoms with Gasteiger partial charge in [0.05, 0.1) is 5.41 Å². The van der Waals surface area contributed by atoms with E-state index in [4.69, 9.17) is 4.84 Å². The summed E-state index contributed by atoms with van der Waals surface area (Å²) in [6.45, 7) is 10.2. The number of anilines is 1. The third-order valence-electron chi connectivity index (χ3n) is 12.3. The average Bonchev–Trinajstić information content (AvgIpc) is 3.72. The van der Waals surface area contributed by atoms with Crippen LogP contribution in [0.3, 0.4) is 0 Å². The Kier molecular flexibility index (Phi) is 12.3. The molecule has 7 nitrogen and oxygen atoms in total. The third-order valence-corrected chi connectivity index (χ3v) is 12.3. The molecule has 4 aliphatic rings. The zero-order valence-corrected chi connectivity index (χ0v) is 35.4. The fourth-order valence-corrected chi connectivity index (χ4v) is 9.51. The number of carbonyl (C=O) groups excluding carboxylic acids is 3. The second-order valence-electron chi connectivity index (χ2n) is 17.3. The summed E-state index contributed by atoms with van der Waals surface area (Å²) in [6.07, 6.45) is 17.6. The Morgan fingerprint density at radius 3 is 2.05 bits per heavy atom. The number of amides is 2. The molecule has 3 heterocycles. The van der Waals surface area contributed by atoms with Gasteiger partial charge in [0.2, 0.25) is 5.69 Å². The van der Waals surface area contributed by atoms with Gasteiger partial charge >= 0.3 is 13.2 Å². The third kappa shape index (κ3) is 9.14. The SMILES string of the molecule is C[N+]1=C(C=CC2=CC(=CC=C3N(CCCCCC(=O)ON4C(=O)CCC4=O)c4ccc5ccccc5c4C3(C)C)CCC2)C(C)(C)c2c1ccc1ccccc21.F[B-](F)(F)F. The Balaban J connectivity index is 0.00000106. The predicted octanol–water partition coefficient (Wildman–Crippen LogP) is 11.7. The van der Waals surface area contributed by atoms with Crippen LogP contribution in [0.4, 0.5) is 28.6 Å². The Hall–Kier alpha value is -5.78. The molecule has 0 saturated carbocycles. The number of rotatable bonds is 10. The van der Waals surface area contributed by atoms with Crippen molar-refractivity contribution >= 4 is 63.7 Å². The number of hydroxylamine groups is 2. The van der Waals surface area contributed by atoms with Gasteiger partial charge in [0.25, 0.3) is 11.8 Å². The van der Waals surface area contributed by atoms with E-state index in [1.807, 2.05) is 0 Å². The molecule has 8 rings (SSSR count). The molecule has 4 aromatic carbocycles. The van der Waals surface area contributed by atoms with Gasteiger partial charge in [0.1, 0.15) is 7.05 Å². The monoisotopic (exact) mass is 833 g/mol. The van der Waals surface area contributed by atoms with Crippen LogP contribution in [0.15, 0.2) is 120 Å². The largest absolute Gasteiger partial charge is 0.673 e. The Labute approximate surface area is 354 Å². The molecule has 0 N–H and O–H groups in total. The highest BCUT2D eigenvalue weighted by Crippen LogP contribution is 2.51. The lowest BCUT2D eigenvalue weighted by Gasteiger charge is -2.27. The van der Waals surface area contributed by atoms with E-state index < -0.39 is 25.0 Å². The number of hydrogen-bond acceptors (Lipinski definition) is 5. The highest BCUT2D eigenvalue weighted by atomic mass is 19.5. The first-order valence-corrected chi connectivity index (χ1v) is 21.1. The van der Waals surface area contributed by atoms with E-state index in [0.29, 0.717) is 11.5 Å². The molecule has 318 valence electrons. The van der Waals surface area contributed by atoms with Crippen molar-refractivity contribution in [1.29, 1.82) is 0 Å². The standard InChI is InChI=1S/C49H52N3O4.BF4/c1-48(2)41(50(5)39-25-23-35-16-8-10-18-37(35)46(39)48)27-21-33-14-13-15-34(32-33)22-28-42-49(3,4)47-38-19-11-9-17-36(38)24-26-40(47)51(42)31-12-6-7-20-45(55)56-52-43(53)29-30-44(52)54;2-1(3,4)5/h8-11,16-19,21-28,32H,6-7,12-15,20,29-31H2,1-5H3;/q+1;-1. The number of carbonyl (C=O) groups is 3. The lowest BCUT2D eigenvalue weighted by molar-refractivity contribution is -0.401. The molecule has 12 heteroatoms. The molecule has 1 aliphatic carbocycles. The second kappa shape index (κ2) is 17.3. The van der Waals surface area contributed by atoms with Crippen LogP contribution in [0.2, 0.25) is 0 Å². The lowest BCUT2D eigenvalue weighted by atomic mass is 9.79. The lowest BCUT2D eigenvalue weighted by Crippen LogP contribution is -2.32. The van der Waals surface area contributed by atoms with Crippen molar-refractivity contribution in [2.24, 2.45) is 0 Å². The number of benzene rings is 4. The fourth-order valence-electron chi connectivity index (χ4n) is 9.51. The normalized spacial score (nSPS) is 19.6. The van der Waals surface area contributed by atoms with Gasteiger partial charge in [-0.05, 0) is 102 Å². The van der Waals surface area contributed by atoms with Crippen molar-refractivity contribution in [3.05, 3.63) is 131 Å². The average molecular weight is 834 g/mol. The summed E-state index contributed by atoms with van der Waals surface area (Å²) in [6, 6.07) is 26.4. The van der Waals surface area contributed by atoms with E-state index in [1.54, 1.807) is 0 Å². The van der Waals surface area contributed by atoms with E-state index >= 15 is 0 Å². The quantitative estimate of drug-likeness (QED) is 0.0523. The molecule has 3 aliphatic heterocycles. The molecule has 0 spiro atoms. The zero-order chi connectivity index (χ0) is 43.7. The van der Waals surface area contributed by atoms with Crippen molar-refractivity contribution < 1.29 is 41.1 Å². The van der Waals surface area contributed by atoms with Crippen LogP contribution < -0.4 is 4.90 Å². The van der Waals surface area contributed by atoms with Crippen LogP contribution in [0.5, 0.6) is 0 Å². The molecule has 61 heavy (non-hydrogen) atoms. The highest BCUT2D eigenvalue weighted by molar-refractivity contribution is 6.50. The maximum absolute atomic E-state index is 12.4. The molecule has 1 fully saturated rings. The first-order valence-electron chi connectivity index (χ1n) is 21.1. The molecule has 0 aromatic heterocycles. The summed E-state index contributed by atoms with van der Waals surface area (Å²) in [5.41, 5.74) is 10.2. The smallest absolute Gasteiger partial charge is 0.418 e. The van der Waals surface area contributed by atoms with Crippen molar-refractivity contribution in [3.63, 3.8) is 0 Å². The van der Waals surface area contributed by atoms with Gasteiger partial charge in [-0.15, -0.1) is 5.06 Å². The van der Waals surface area contributed by atoms with E-state index in [2.05, 4.69) is 147 Å². The summed E-state index contributed by atoms with van der Waals surface area (Å²) >= 11 is 0. The molecule has 0 bridgehead atoms. The van der Waals surface area contributed by atoms with Gasteiger partial charge < -0.3 is 27.0 Å². The Morgan fingerprint density at radius 1 is 0.754 bits per heavy atom. The fraction of sp³-hybridized carbons (Fsp3) is 0.347. The molecule has 4 aromatic rings. The van der Waals surface area contributed by atoms with Crippen molar-refractivity contribution in [3.8, 4) is 0 Å². The minimum absolute atomic E-state index is 0.0968. The number of imide groups is 1. The molecule has 1 saturated heterocycles. The molecular weight excluding hydrogens is 781 g/mol. The van der Waals surface area contributed by atoms with Gasteiger partial charge in [-0.3, -0.25) is 9.59 Å². The first-order chi connectivity index (χ1) is 28.9. The minimum atomic E-state index is -6.00. The van der Waals surface area contributed by atoms with Crippen LogP contribution in [0.25, 0.3) is 21.5 Å². The van der Waals surface area contributed by atoms with E-state index in [0.717, 1.165) is 38.6 Å². The van der Waals surface area contributed by atoms with Crippen LogP contribution in [0.1, 0.15) is 96.6 Å². The van der Waals surface area contributed by atoms with Crippen molar-refractivity contribution in [2.45, 2.75) is 96.3 Å². The Morgan fingerprint density at radius 2 is 1.38 bits per heavy atom. The number of halogens is 4. The molecule has 0 unspecified atom stereocenters. The van der Waals surface area contributed by atoms with E-state index in [9.17, 15) is 31.6 Å². The summed E-state index contributed by atoms with van der Waals surface area (Å²) in [5.74, 6) is -1.43. The number of allylic oxidation sites excluding steroid dienone is 8. The van der Waals surface area contributed by atoms with Crippen LogP contribution in [-0.4, -0.2) is 54.0 Å². The molecule has 0 atom stereocenters. The number of nitrogens with zero attached hydrogens (tertiary/aromatic N) is 3. The van der Waals surface area contributed by atoms with Gasteiger partial charge in [-0.2, -0.15) is 4.58 Å². The van der Waals surface area contributed by atoms with Gasteiger partial charge in [-0.1, -0.05) is 93.1 Å². The minimum Gasteiger partial charge on any atom is -0.418 e. The van der Waals surface area contributed by atoms with Crippen LogP contribution >= 0.6 is 0 Å². The maximum Gasteiger partial charge on any atom is 0.673 e. The molecular formula is C49H52BF4N3O4. The summed E-state index contributed by atoms with van der Waals surface area (Å²) in [4.78, 5) is 43.7. The van der Waals surface area contributed by atoms with E-state index in [1.165, 1.54) is 66.6 Å². The second-order valence-corrected chi connectivity index (χ2v) is 17.3.